The first kappa shape index (κ1) is 11.6. The van der Waals surface area contributed by atoms with Gasteiger partial charge in [-0.1, -0.05) is 45.4 Å². The molecule has 1 atom stereocenters. The third kappa shape index (κ3) is 2.75. The van der Waals surface area contributed by atoms with Crippen LogP contribution in [0.1, 0.15) is 57.1 Å². The van der Waals surface area contributed by atoms with Crippen LogP contribution >= 0.6 is 11.6 Å². The van der Waals surface area contributed by atoms with Gasteiger partial charge in [0, 0.05) is 5.02 Å². The van der Waals surface area contributed by atoms with Gasteiger partial charge in [-0.15, -0.1) is 0 Å². The van der Waals surface area contributed by atoms with E-state index in [9.17, 15) is 0 Å². The van der Waals surface area contributed by atoms with Gasteiger partial charge in [0.05, 0.1) is 0 Å². The van der Waals surface area contributed by atoms with E-state index in [-0.39, 0.29) is 0 Å². The summed E-state index contributed by atoms with van der Waals surface area (Å²) in [7, 11) is 0. The van der Waals surface area contributed by atoms with Gasteiger partial charge in [-0.3, -0.25) is 0 Å². The Hall–Kier alpha value is -0.490. The van der Waals surface area contributed by atoms with Crippen molar-refractivity contribution in [3.8, 4) is 0 Å². The highest BCUT2D eigenvalue weighted by molar-refractivity contribution is 6.30. The summed E-state index contributed by atoms with van der Waals surface area (Å²) in [5, 5.41) is 0.867. The van der Waals surface area contributed by atoms with Crippen LogP contribution in [-0.2, 0) is 0 Å². The fourth-order valence-corrected chi connectivity index (χ4v) is 1.74. The molecule has 1 heteroatoms. The van der Waals surface area contributed by atoms with Crippen LogP contribution in [0.5, 0.6) is 0 Å². The van der Waals surface area contributed by atoms with E-state index < -0.39 is 0 Å². The second-order valence-electron chi connectivity index (χ2n) is 4.28. The standard InChI is InChI=1S/C13H19Cl/c1-5-10(4)12-6-11(9(2)3)7-13(14)8-12/h6-10H,5H2,1-4H3. The Morgan fingerprint density at radius 2 is 1.64 bits per heavy atom. The lowest BCUT2D eigenvalue weighted by atomic mass is 9.93. The number of hydrogen-bond donors (Lipinski definition) is 0. The Kier molecular flexibility index (Phi) is 4.00. The van der Waals surface area contributed by atoms with Gasteiger partial charge in [-0.2, -0.15) is 0 Å². The fourth-order valence-electron chi connectivity index (χ4n) is 1.49. The van der Waals surface area contributed by atoms with Gasteiger partial charge in [0.2, 0.25) is 0 Å². The normalized spacial score (nSPS) is 13.3. The van der Waals surface area contributed by atoms with Crippen LogP contribution in [0.4, 0.5) is 0 Å². The summed E-state index contributed by atoms with van der Waals surface area (Å²) in [6.07, 6.45) is 1.16. The molecule has 0 saturated carbocycles. The first-order valence-corrected chi connectivity index (χ1v) is 5.72. The minimum Gasteiger partial charge on any atom is -0.0843 e. The monoisotopic (exact) mass is 210 g/mol. The quantitative estimate of drug-likeness (QED) is 0.661. The molecule has 0 aliphatic heterocycles. The SMILES string of the molecule is CCC(C)c1cc(Cl)cc(C(C)C)c1. The fraction of sp³-hybridized carbons (Fsp3) is 0.538. The van der Waals surface area contributed by atoms with Crippen molar-refractivity contribution >= 4 is 11.6 Å². The smallest absolute Gasteiger partial charge is 0.0411 e. The second-order valence-corrected chi connectivity index (χ2v) is 4.72. The molecule has 0 aliphatic carbocycles. The predicted molar refractivity (Wildman–Crippen MR) is 64.2 cm³/mol. The van der Waals surface area contributed by atoms with Crippen molar-refractivity contribution in [2.24, 2.45) is 0 Å². The van der Waals surface area contributed by atoms with Gasteiger partial charge in [-0.25, -0.2) is 0 Å². The highest BCUT2D eigenvalue weighted by Crippen LogP contribution is 2.27. The van der Waals surface area contributed by atoms with Crippen LogP contribution in [0.25, 0.3) is 0 Å². The third-order valence-electron chi connectivity index (χ3n) is 2.79. The maximum atomic E-state index is 6.10. The van der Waals surface area contributed by atoms with Crippen LogP contribution in [0.2, 0.25) is 5.02 Å². The summed E-state index contributed by atoms with van der Waals surface area (Å²) in [4.78, 5) is 0. The largest absolute Gasteiger partial charge is 0.0843 e. The minimum absolute atomic E-state index is 0.552. The molecule has 0 fully saturated rings. The van der Waals surface area contributed by atoms with Crippen molar-refractivity contribution in [2.75, 3.05) is 0 Å². The number of hydrogen-bond acceptors (Lipinski definition) is 0. The zero-order valence-electron chi connectivity index (χ0n) is 9.47. The third-order valence-corrected chi connectivity index (χ3v) is 3.01. The van der Waals surface area contributed by atoms with Crippen LogP contribution in [0.3, 0.4) is 0 Å². The van der Waals surface area contributed by atoms with E-state index in [2.05, 4.69) is 45.9 Å². The van der Waals surface area contributed by atoms with Crippen LogP contribution in [-0.4, -0.2) is 0 Å². The minimum atomic E-state index is 0.552. The topological polar surface area (TPSA) is 0 Å². The van der Waals surface area contributed by atoms with Crippen LogP contribution in [0.15, 0.2) is 18.2 Å². The van der Waals surface area contributed by atoms with Crippen LogP contribution in [0, 0.1) is 0 Å². The molecule has 0 spiro atoms. The molecule has 0 N–H and O–H groups in total. The molecule has 0 saturated heterocycles. The molecular weight excluding hydrogens is 192 g/mol. The average molecular weight is 211 g/mol. The lowest BCUT2D eigenvalue weighted by Crippen LogP contribution is -1.95. The van der Waals surface area contributed by atoms with Gasteiger partial charge in [0.15, 0.2) is 0 Å². The zero-order chi connectivity index (χ0) is 10.7. The molecule has 0 aromatic heterocycles. The zero-order valence-corrected chi connectivity index (χ0v) is 10.2. The molecule has 0 nitrogen and oxygen atoms in total. The highest BCUT2D eigenvalue weighted by atomic mass is 35.5. The van der Waals surface area contributed by atoms with E-state index >= 15 is 0 Å². The molecule has 1 aromatic carbocycles. The lowest BCUT2D eigenvalue weighted by molar-refractivity contribution is 0.729. The number of rotatable bonds is 3. The summed E-state index contributed by atoms with van der Waals surface area (Å²) in [5.41, 5.74) is 2.71. The van der Waals surface area contributed by atoms with E-state index in [0.29, 0.717) is 11.8 Å². The molecule has 0 amide bonds. The number of halogens is 1. The molecule has 1 aromatic rings. The van der Waals surface area contributed by atoms with Crippen molar-refractivity contribution in [2.45, 2.75) is 46.0 Å². The first-order chi connectivity index (χ1) is 6.54. The molecule has 1 rings (SSSR count). The van der Waals surface area contributed by atoms with Crippen molar-refractivity contribution in [3.63, 3.8) is 0 Å². The Labute approximate surface area is 92.3 Å². The predicted octanol–water partition coefficient (Wildman–Crippen LogP) is 4.98. The van der Waals surface area contributed by atoms with E-state index in [0.717, 1.165) is 11.4 Å². The van der Waals surface area contributed by atoms with Gasteiger partial charge in [0.25, 0.3) is 0 Å². The van der Waals surface area contributed by atoms with Crippen molar-refractivity contribution < 1.29 is 0 Å². The van der Waals surface area contributed by atoms with Gasteiger partial charge < -0.3 is 0 Å². The molecule has 0 heterocycles. The molecule has 1 unspecified atom stereocenters. The summed E-state index contributed by atoms with van der Waals surface area (Å²) in [6.45, 7) is 8.86. The maximum absolute atomic E-state index is 6.10. The Bertz CT molecular complexity index is 302. The Morgan fingerprint density at radius 1 is 1.07 bits per heavy atom. The van der Waals surface area contributed by atoms with Gasteiger partial charge in [-0.05, 0) is 41.5 Å². The maximum Gasteiger partial charge on any atom is 0.0411 e. The summed E-state index contributed by atoms with van der Waals surface area (Å²) in [5.74, 6) is 1.16. The molecule has 0 bridgehead atoms. The van der Waals surface area contributed by atoms with Gasteiger partial charge in [0.1, 0.15) is 0 Å². The molecule has 0 aliphatic rings. The molecular formula is C13H19Cl. The van der Waals surface area contributed by atoms with Crippen molar-refractivity contribution in [1.82, 2.24) is 0 Å². The summed E-state index contributed by atoms with van der Waals surface area (Å²) in [6, 6.07) is 6.43. The van der Waals surface area contributed by atoms with Gasteiger partial charge >= 0.3 is 0 Å². The van der Waals surface area contributed by atoms with Crippen molar-refractivity contribution in [3.05, 3.63) is 34.3 Å². The van der Waals surface area contributed by atoms with Crippen molar-refractivity contribution in [1.29, 1.82) is 0 Å². The Morgan fingerprint density at radius 3 is 2.14 bits per heavy atom. The van der Waals surface area contributed by atoms with E-state index in [4.69, 9.17) is 11.6 Å². The molecule has 78 valence electrons. The molecule has 14 heavy (non-hydrogen) atoms. The van der Waals surface area contributed by atoms with E-state index in [1.165, 1.54) is 11.1 Å². The summed E-state index contributed by atoms with van der Waals surface area (Å²) >= 11 is 6.10. The van der Waals surface area contributed by atoms with E-state index in [1.807, 2.05) is 0 Å². The second kappa shape index (κ2) is 4.84. The Balaban J connectivity index is 3.07. The van der Waals surface area contributed by atoms with Crippen LogP contribution < -0.4 is 0 Å². The lowest BCUT2D eigenvalue weighted by Gasteiger charge is -2.13. The molecule has 0 radical (unpaired) electrons. The highest BCUT2D eigenvalue weighted by Gasteiger charge is 2.07. The number of benzene rings is 1. The van der Waals surface area contributed by atoms with E-state index in [1.54, 1.807) is 0 Å². The first-order valence-electron chi connectivity index (χ1n) is 5.35. The summed E-state index contributed by atoms with van der Waals surface area (Å²) < 4.78 is 0. The average Bonchev–Trinajstić information content (AvgIpc) is 2.15.